The molecule has 0 amide bonds. The Kier molecular flexibility index (Phi) is 3.79. The van der Waals surface area contributed by atoms with E-state index in [4.69, 9.17) is 0 Å². The molecule has 0 spiro atoms. The highest BCUT2D eigenvalue weighted by Crippen LogP contribution is 2.39. The molecule has 0 radical (unpaired) electrons. The molecule has 4 nitrogen and oxygen atoms in total. The van der Waals surface area contributed by atoms with Crippen LogP contribution in [0.3, 0.4) is 0 Å². The van der Waals surface area contributed by atoms with Crippen molar-refractivity contribution in [3.05, 3.63) is 11.3 Å². The highest BCUT2D eigenvalue weighted by atomic mass is 19.4. The zero-order valence-corrected chi connectivity index (χ0v) is 9.26. The summed E-state index contributed by atoms with van der Waals surface area (Å²) in [5.41, 5.74) is -0.626. The first-order valence-electron chi connectivity index (χ1n) is 4.92. The van der Waals surface area contributed by atoms with Crippen LogP contribution in [0, 0.1) is 5.92 Å². The van der Waals surface area contributed by atoms with Crippen molar-refractivity contribution in [2.75, 3.05) is 6.61 Å². The van der Waals surface area contributed by atoms with Crippen molar-refractivity contribution in [3.63, 3.8) is 0 Å². The third-order valence-corrected chi connectivity index (χ3v) is 2.26. The van der Waals surface area contributed by atoms with Crippen LogP contribution in [-0.2, 0) is 19.1 Å². The molecule has 1 heterocycles. The summed E-state index contributed by atoms with van der Waals surface area (Å²) in [5.74, 6) is -4.59. The maximum absolute atomic E-state index is 12.7. The van der Waals surface area contributed by atoms with Gasteiger partial charge >= 0.3 is 18.1 Å². The minimum Gasteiger partial charge on any atom is -0.463 e. The van der Waals surface area contributed by atoms with Gasteiger partial charge in [0.05, 0.1) is 18.6 Å². The van der Waals surface area contributed by atoms with E-state index in [-0.39, 0.29) is 12.4 Å². The van der Waals surface area contributed by atoms with Crippen LogP contribution in [0.2, 0.25) is 0 Å². The van der Waals surface area contributed by atoms with Crippen molar-refractivity contribution in [1.82, 2.24) is 0 Å². The van der Waals surface area contributed by atoms with Gasteiger partial charge < -0.3 is 9.47 Å². The lowest BCUT2D eigenvalue weighted by Crippen LogP contribution is -2.35. The molecule has 0 aromatic rings. The van der Waals surface area contributed by atoms with E-state index in [1.165, 1.54) is 6.92 Å². The summed E-state index contributed by atoms with van der Waals surface area (Å²) < 4.78 is 47.1. The number of allylic oxidation sites excluding steroid dienone is 1. The van der Waals surface area contributed by atoms with Crippen LogP contribution in [0.1, 0.15) is 20.3 Å². The molecule has 0 saturated carbocycles. The summed E-state index contributed by atoms with van der Waals surface area (Å²) >= 11 is 0. The molecule has 0 bridgehead atoms. The largest absolute Gasteiger partial charge is 0.463 e. The number of carbonyl (C=O) groups excluding carboxylic acids is 2. The summed E-state index contributed by atoms with van der Waals surface area (Å²) in [6.07, 6.45) is -5.57. The van der Waals surface area contributed by atoms with Crippen LogP contribution in [-0.4, -0.2) is 24.7 Å². The van der Waals surface area contributed by atoms with Crippen LogP contribution >= 0.6 is 0 Å². The fourth-order valence-corrected chi connectivity index (χ4v) is 1.56. The molecule has 0 aromatic carbocycles. The third kappa shape index (κ3) is 2.98. The molecule has 1 rings (SSSR count). The minimum absolute atomic E-state index is 0.0475. The average Bonchev–Trinajstić information content (AvgIpc) is 2.15. The van der Waals surface area contributed by atoms with Gasteiger partial charge in [0, 0.05) is 0 Å². The molecule has 7 heteroatoms. The first-order valence-corrected chi connectivity index (χ1v) is 4.92. The van der Waals surface area contributed by atoms with Gasteiger partial charge in [-0.2, -0.15) is 13.2 Å². The van der Waals surface area contributed by atoms with Crippen LogP contribution in [0.4, 0.5) is 13.2 Å². The number of carbonyl (C=O) groups is 2. The Bertz CT molecular complexity index is 370. The summed E-state index contributed by atoms with van der Waals surface area (Å²) in [5, 5.41) is 0. The molecule has 0 saturated heterocycles. The molecule has 0 aliphatic carbocycles. The normalized spacial score (nSPS) is 21.2. The lowest BCUT2D eigenvalue weighted by Gasteiger charge is -2.26. The summed E-state index contributed by atoms with van der Waals surface area (Å²) in [6.45, 7) is 2.57. The zero-order valence-electron chi connectivity index (χ0n) is 9.26. The number of cyclic esters (lactones) is 1. The highest BCUT2D eigenvalue weighted by Gasteiger charge is 2.49. The first-order chi connectivity index (χ1) is 7.77. The maximum atomic E-state index is 12.7. The third-order valence-electron chi connectivity index (χ3n) is 2.26. The van der Waals surface area contributed by atoms with Gasteiger partial charge in [-0.25, -0.2) is 4.79 Å². The Morgan fingerprint density at radius 1 is 1.53 bits per heavy atom. The molecule has 1 aliphatic rings. The van der Waals surface area contributed by atoms with Crippen LogP contribution < -0.4 is 0 Å². The molecule has 1 atom stereocenters. The van der Waals surface area contributed by atoms with Crippen molar-refractivity contribution < 1.29 is 32.2 Å². The van der Waals surface area contributed by atoms with E-state index in [0.29, 0.717) is 0 Å². The van der Waals surface area contributed by atoms with E-state index in [2.05, 4.69) is 9.47 Å². The number of halogens is 3. The fourth-order valence-electron chi connectivity index (χ4n) is 1.56. The van der Waals surface area contributed by atoms with Crippen molar-refractivity contribution >= 4 is 11.9 Å². The van der Waals surface area contributed by atoms with Gasteiger partial charge in [-0.1, -0.05) is 0 Å². The van der Waals surface area contributed by atoms with E-state index in [1.54, 1.807) is 0 Å². The first kappa shape index (κ1) is 13.5. The molecule has 0 N–H and O–H groups in total. The molecule has 0 fully saturated rings. The van der Waals surface area contributed by atoms with Crippen molar-refractivity contribution in [3.8, 4) is 0 Å². The predicted molar refractivity (Wildman–Crippen MR) is 49.6 cm³/mol. The number of ether oxygens (including phenoxy) is 2. The summed E-state index contributed by atoms with van der Waals surface area (Å²) in [6, 6.07) is 0. The van der Waals surface area contributed by atoms with Gasteiger partial charge in [0.15, 0.2) is 0 Å². The number of alkyl halides is 3. The number of hydrogen-bond donors (Lipinski definition) is 0. The molecule has 1 aliphatic heterocycles. The van der Waals surface area contributed by atoms with Crippen LogP contribution in [0.5, 0.6) is 0 Å². The fraction of sp³-hybridized carbons (Fsp3) is 0.600. The summed E-state index contributed by atoms with van der Waals surface area (Å²) in [4.78, 5) is 22.3. The molecule has 96 valence electrons. The standard InChI is InChI=1S/C10H11F3O4/c1-3-16-9(15)8-5(2)17-7(14)4-6(8)10(11,12)13/h6H,3-4H2,1-2H3/t6-/m1/s1. The van der Waals surface area contributed by atoms with E-state index in [9.17, 15) is 22.8 Å². The Balaban J connectivity index is 3.13. The van der Waals surface area contributed by atoms with Crippen LogP contribution in [0.15, 0.2) is 11.3 Å². The molecule has 0 aromatic heterocycles. The van der Waals surface area contributed by atoms with E-state index in [0.717, 1.165) is 6.92 Å². The van der Waals surface area contributed by atoms with E-state index in [1.807, 2.05) is 0 Å². The molecular weight excluding hydrogens is 241 g/mol. The molecular formula is C10H11F3O4. The Morgan fingerprint density at radius 2 is 2.12 bits per heavy atom. The SMILES string of the molecule is CCOC(=O)C1=C(C)OC(=O)C[C@H]1C(F)(F)F. The van der Waals surface area contributed by atoms with Gasteiger partial charge in [-0.3, -0.25) is 4.79 Å². The Labute approximate surface area is 95.4 Å². The molecule has 17 heavy (non-hydrogen) atoms. The predicted octanol–water partition coefficient (Wildman–Crippen LogP) is 1.95. The second-order valence-electron chi connectivity index (χ2n) is 3.46. The number of hydrogen-bond acceptors (Lipinski definition) is 4. The van der Waals surface area contributed by atoms with Crippen LogP contribution in [0.25, 0.3) is 0 Å². The number of esters is 2. The van der Waals surface area contributed by atoms with E-state index < -0.39 is 36.0 Å². The zero-order chi connectivity index (χ0) is 13.2. The quantitative estimate of drug-likeness (QED) is 0.705. The minimum atomic E-state index is -4.68. The monoisotopic (exact) mass is 252 g/mol. The van der Waals surface area contributed by atoms with Gasteiger partial charge in [-0.15, -0.1) is 0 Å². The second kappa shape index (κ2) is 4.77. The lowest BCUT2D eigenvalue weighted by atomic mass is 9.92. The van der Waals surface area contributed by atoms with Crippen molar-refractivity contribution in [2.24, 2.45) is 5.92 Å². The van der Waals surface area contributed by atoms with Crippen molar-refractivity contribution in [1.29, 1.82) is 0 Å². The summed E-state index contributed by atoms with van der Waals surface area (Å²) in [7, 11) is 0. The van der Waals surface area contributed by atoms with Crippen molar-refractivity contribution in [2.45, 2.75) is 26.4 Å². The van der Waals surface area contributed by atoms with Gasteiger partial charge in [0.2, 0.25) is 0 Å². The smallest absolute Gasteiger partial charge is 0.396 e. The van der Waals surface area contributed by atoms with Gasteiger partial charge in [-0.05, 0) is 13.8 Å². The van der Waals surface area contributed by atoms with Gasteiger partial charge in [0.25, 0.3) is 0 Å². The Morgan fingerprint density at radius 3 is 2.59 bits per heavy atom. The average molecular weight is 252 g/mol. The topological polar surface area (TPSA) is 52.6 Å². The second-order valence-corrected chi connectivity index (χ2v) is 3.46. The van der Waals surface area contributed by atoms with Gasteiger partial charge in [0.1, 0.15) is 11.7 Å². The van der Waals surface area contributed by atoms with E-state index >= 15 is 0 Å². The number of rotatable bonds is 2. The highest BCUT2D eigenvalue weighted by molar-refractivity contribution is 5.92. The Hall–Kier alpha value is -1.53. The molecule has 0 unspecified atom stereocenters. The lowest BCUT2D eigenvalue weighted by molar-refractivity contribution is -0.183. The maximum Gasteiger partial charge on any atom is 0.396 e.